The molecule has 24 heavy (non-hydrogen) atoms. The second-order valence-corrected chi connectivity index (χ2v) is 5.58. The van der Waals surface area contributed by atoms with Crippen LogP contribution >= 0.6 is 0 Å². The molecule has 0 unspecified atom stereocenters. The Hall–Kier alpha value is -2.38. The van der Waals surface area contributed by atoms with Crippen molar-refractivity contribution < 1.29 is 18.7 Å². The predicted molar refractivity (Wildman–Crippen MR) is 87.9 cm³/mol. The zero-order valence-electron chi connectivity index (χ0n) is 13.4. The van der Waals surface area contributed by atoms with E-state index in [2.05, 4.69) is 5.32 Å². The average molecular weight is 333 g/mol. The molecule has 2 aromatic rings. The molecule has 3 rings (SSSR count). The number of benzene rings is 1. The number of amides is 2. The molecule has 7 heteroatoms. The van der Waals surface area contributed by atoms with Gasteiger partial charge in [-0.1, -0.05) is 0 Å². The minimum absolute atomic E-state index is 0.154. The molecule has 1 aliphatic rings. The second-order valence-electron chi connectivity index (χ2n) is 5.58. The summed E-state index contributed by atoms with van der Waals surface area (Å²) in [5.41, 5.74) is 0.928. The van der Waals surface area contributed by atoms with E-state index in [9.17, 15) is 9.18 Å². The fraction of sp³-hybridized carbons (Fsp3) is 0.353. The quantitative estimate of drug-likeness (QED) is 0.935. The lowest BCUT2D eigenvalue weighted by atomic mass is 10.2. The van der Waals surface area contributed by atoms with E-state index in [0.29, 0.717) is 26.3 Å². The molecule has 6 nitrogen and oxygen atoms in total. The summed E-state index contributed by atoms with van der Waals surface area (Å²) in [6.07, 6.45) is 3.55. The van der Waals surface area contributed by atoms with Gasteiger partial charge < -0.3 is 24.3 Å². The topological polar surface area (TPSA) is 55.7 Å². The number of nitrogens with one attached hydrogen (secondary N) is 1. The van der Waals surface area contributed by atoms with Crippen molar-refractivity contribution in [3.63, 3.8) is 0 Å². The molecule has 2 heterocycles. The monoisotopic (exact) mass is 333 g/mol. The number of ether oxygens (including phenoxy) is 2. The van der Waals surface area contributed by atoms with Gasteiger partial charge in [-0.15, -0.1) is 0 Å². The molecule has 2 amide bonds. The van der Waals surface area contributed by atoms with Crippen molar-refractivity contribution in [1.29, 1.82) is 0 Å². The van der Waals surface area contributed by atoms with E-state index in [0.717, 1.165) is 5.69 Å². The Morgan fingerprint density at radius 3 is 2.96 bits per heavy atom. The number of rotatable bonds is 4. The van der Waals surface area contributed by atoms with Crippen LogP contribution in [-0.4, -0.2) is 55.0 Å². The SMILES string of the molecule is COC[C@@H]1CN(C(=O)Nc2cc(-n3cccc3)ccc2F)CCO1. The number of hydrogen-bond donors (Lipinski definition) is 1. The van der Waals surface area contributed by atoms with Gasteiger partial charge in [0.25, 0.3) is 0 Å². The zero-order chi connectivity index (χ0) is 16.9. The first-order valence-corrected chi connectivity index (χ1v) is 7.77. The molecule has 1 aliphatic heterocycles. The number of methoxy groups -OCH3 is 1. The van der Waals surface area contributed by atoms with Crippen molar-refractivity contribution >= 4 is 11.7 Å². The summed E-state index contributed by atoms with van der Waals surface area (Å²) < 4.78 is 26.5. The van der Waals surface area contributed by atoms with Crippen molar-refractivity contribution in [2.45, 2.75) is 6.10 Å². The molecule has 0 spiro atoms. The van der Waals surface area contributed by atoms with Crippen molar-refractivity contribution in [3.8, 4) is 5.69 Å². The molecule has 0 bridgehead atoms. The lowest BCUT2D eigenvalue weighted by Crippen LogP contribution is -2.48. The Balaban J connectivity index is 1.71. The summed E-state index contributed by atoms with van der Waals surface area (Å²) in [5, 5.41) is 2.65. The second kappa shape index (κ2) is 7.46. The molecule has 1 N–H and O–H groups in total. The molecule has 1 saturated heterocycles. The van der Waals surface area contributed by atoms with Gasteiger partial charge in [-0.05, 0) is 30.3 Å². The van der Waals surface area contributed by atoms with E-state index in [1.165, 1.54) is 6.07 Å². The smallest absolute Gasteiger partial charge is 0.322 e. The maximum Gasteiger partial charge on any atom is 0.322 e. The Labute approximate surface area is 139 Å². The van der Waals surface area contributed by atoms with E-state index in [-0.39, 0.29) is 17.8 Å². The van der Waals surface area contributed by atoms with E-state index >= 15 is 0 Å². The number of carbonyl (C=O) groups is 1. The van der Waals surface area contributed by atoms with Gasteiger partial charge in [-0.2, -0.15) is 0 Å². The van der Waals surface area contributed by atoms with Crippen LogP contribution in [-0.2, 0) is 9.47 Å². The Morgan fingerprint density at radius 2 is 2.21 bits per heavy atom. The molecule has 0 saturated carbocycles. The molecule has 0 radical (unpaired) electrons. The molecule has 1 aromatic carbocycles. The molecular weight excluding hydrogens is 313 g/mol. The number of morpholine rings is 1. The van der Waals surface area contributed by atoms with Crippen LogP contribution in [0.5, 0.6) is 0 Å². The summed E-state index contributed by atoms with van der Waals surface area (Å²) in [6, 6.07) is 8.03. The molecule has 1 fully saturated rings. The van der Waals surface area contributed by atoms with Gasteiger partial charge >= 0.3 is 6.03 Å². The van der Waals surface area contributed by atoms with Gasteiger partial charge in [0.05, 0.1) is 31.5 Å². The van der Waals surface area contributed by atoms with Gasteiger partial charge in [-0.3, -0.25) is 0 Å². The van der Waals surface area contributed by atoms with E-state index in [1.807, 2.05) is 29.1 Å². The van der Waals surface area contributed by atoms with Crippen LogP contribution in [0.4, 0.5) is 14.9 Å². The maximum absolute atomic E-state index is 14.0. The minimum atomic E-state index is -0.471. The van der Waals surface area contributed by atoms with Crippen LogP contribution in [0.15, 0.2) is 42.7 Å². The summed E-state index contributed by atoms with van der Waals surface area (Å²) in [4.78, 5) is 14.0. The highest BCUT2D eigenvalue weighted by Gasteiger charge is 2.24. The van der Waals surface area contributed by atoms with Crippen LogP contribution < -0.4 is 5.32 Å². The number of carbonyl (C=O) groups excluding carboxylic acids is 1. The van der Waals surface area contributed by atoms with Crippen molar-refractivity contribution in [2.75, 3.05) is 38.7 Å². The first-order chi connectivity index (χ1) is 11.7. The summed E-state index contributed by atoms with van der Waals surface area (Å²) >= 11 is 0. The van der Waals surface area contributed by atoms with Gasteiger partial charge in [-0.25, -0.2) is 9.18 Å². The van der Waals surface area contributed by atoms with Crippen LogP contribution in [0.1, 0.15) is 0 Å². The van der Waals surface area contributed by atoms with Crippen molar-refractivity contribution in [1.82, 2.24) is 9.47 Å². The van der Waals surface area contributed by atoms with Gasteiger partial charge in [0.2, 0.25) is 0 Å². The van der Waals surface area contributed by atoms with Gasteiger partial charge in [0, 0.05) is 31.7 Å². The standard InChI is InChI=1S/C17H20FN3O3/c1-23-12-14-11-21(8-9-24-14)17(22)19-16-10-13(4-5-15(16)18)20-6-2-3-7-20/h2-7,10,14H,8-9,11-12H2,1H3,(H,19,22)/t14-/m0/s1. The Bertz CT molecular complexity index is 688. The normalized spacial score (nSPS) is 17.8. The van der Waals surface area contributed by atoms with Crippen LogP contribution in [0.2, 0.25) is 0 Å². The largest absolute Gasteiger partial charge is 0.382 e. The zero-order valence-corrected chi connectivity index (χ0v) is 13.4. The molecule has 1 atom stereocenters. The number of nitrogens with zero attached hydrogens (tertiary/aromatic N) is 2. The fourth-order valence-corrected chi connectivity index (χ4v) is 2.66. The van der Waals surface area contributed by atoms with E-state index in [1.54, 1.807) is 24.1 Å². The van der Waals surface area contributed by atoms with Crippen LogP contribution in [0.3, 0.4) is 0 Å². The van der Waals surface area contributed by atoms with E-state index < -0.39 is 5.82 Å². The minimum Gasteiger partial charge on any atom is -0.382 e. The maximum atomic E-state index is 14.0. The number of aromatic nitrogens is 1. The van der Waals surface area contributed by atoms with Gasteiger partial charge in [0.1, 0.15) is 5.82 Å². The molecule has 1 aromatic heterocycles. The Morgan fingerprint density at radius 1 is 1.42 bits per heavy atom. The third kappa shape index (κ3) is 3.74. The number of urea groups is 1. The number of halogens is 1. The third-order valence-corrected chi connectivity index (χ3v) is 3.87. The third-order valence-electron chi connectivity index (χ3n) is 3.87. The fourth-order valence-electron chi connectivity index (χ4n) is 2.66. The summed E-state index contributed by atoms with van der Waals surface area (Å²) in [5.74, 6) is -0.471. The summed E-state index contributed by atoms with van der Waals surface area (Å²) in [7, 11) is 1.59. The highest BCUT2D eigenvalue weighted by molar-refractivity contribution is 5.89. The molecular formula is C17H20FN3O3. The predicted octanol–water partition coefficient (Wildman–Crippen LogP) is 2.50. The highest BCUT2D eigenvalue weighted by atomic mass is 19.1. The lowest BCUT2D eigenvalue weighted by Gasteiger charge is -2.32. The number of anilines is 1. The van der Waals surface area contributed by atoms with Crippen molar-refractivity contribution in [2.24, 2.45) is 0 Å². The first-order valence-electron chi connectivity index (χ1n) is 7.77. The van der Waals surface area contributed by atoms with Crippen molar-refractivity contribution in [3.05, 3.63) is 48.5 Å². The lowest BCUT2D eigenvalue weighted by molar-refractivity contribution is -0.0481. The highest BCUT2D eigenvalue weighted by Crippen LogP contribution is 2.20. The van der Waals surface area contributed by atoms with Crippen LogP contribution in [0.25, 0.3) is 5.69 Å². The Kier molecular flexibility index (Phi) is 5.12. The summed E-state index contributed by atoms with van der Waals surface area (Å²) in [6.45, 7) is 1.73. The van der Waals surface area contributed by atoms with Crippen LogP contribution in [0, 0.1) is 5.82 Å². The first kappa shape index (κ1) is 16.5. The van der Waals surface area contributed by atoms with E-state index in [4.69, 9.17) is 9.47 Å². The number of hydrogen-bond acceptors (Lipinski definition) is 3. The molecule has 0 aliphatic carbocycles. The van der Waals surface area contributed by atoms with Gasteiger partial charge in [0.15, 0.2) is 0 Å². The molecule has 128 valence electrons. The average Bonchev–Trinajstić information content (AvgIpc) is 3.12.